The van der Waals surface area contributed by atoms with E-state index in [1.54, 1.807) is 43.5 Å². The van der Waals surface area contributed by atoms with Crippen LogP contribution in [-0.2, 0) is 4.74 Å². The molecule has 0 atom stereocenters. The summed E-state index contributed by atoms with van der Waals surface area (Å²) in [4.78, 5) is 27.3. The predicted octanol–water partition coefficient (Wildman–Crippen LogP) is 4.68. The monoisotopic (exact) mass is 442 g/mol. The van der Waals surface area contributed by atoms with Crippen LogP contribution in [0.15, 0.2) is 78.9 Å². The number of nitrogens with one attached hydrogen (secondary N) is 1. The summed E-state index contributed by atoms with van der Waals surface area (Å²) in [5.41, 5.74) is 3.74. The number of anilines is 2. The van der Waals surface area contributed by atoms with Crippen molar-refractivity contribution in [3.63, 3.8) is 0 Å². The Labute approximate surface area is 193 Å². The topological polar surface area (TPSA) is 67.9 Å². The van der Waals surface area contributed by atoms with Gasteiger partial charge in [0.05, 0.1) is 20.3 Å². The van der Waals surface area contributed by atoms with Crippen molar-refractivity contribution in [2.45, 2.75) is 0 Å². The number of amides is 1. The van der Waals surface area contributed by atoms with Gasteiger partial charge in [-0.15, -0.1) is 0 Å². The normalized spacial score (nSPS) is 13.7. The third-order valence-corrected chi connectivity index (χ3v) is 5.45. The van der Waals surface area contributed by atoms with Gasteiger partial charge in [0.2, 0.25) is 0 Å². The molecule has 6 heteroatoms. The van der Waals surface area contributed by atoms with Gasteiger partial charge in [0.25, 0.3) is 5.91 Å². The van der Waals surface area contributed by atoms with E-state index in [1.165, 1.54) is 0 Å². The third kappa shape index (κ3) is 5.87. The first kappa shape index (κ1) is 22.3. The molecule has 4 rings (SSSR count). The minimum absolute atomic E-state index is 0.0730. The smallest absolute Gasteiger partial charge is 0.255 e. The average molecular weight is 443 g/mol. The molecule has 0 radical (unpaired) electrons. The van der Waals surface area contributed by atoms with Gasteiger partial charge in [0.1, 0.15) is 5.75 Å². The van der Waals surface area contributed by atoms with Crippen molar-refractivity contribution in [3.8, 4) is 5.75 Å². The zero-order valence-electron chi connectivity index (χ0n) is 18.5. The van der Waals surface area contributed by atoms with E-state index in [0.29, 0.717) is 22.6 Å². The Kier molecular flexibility index (Phi) is 7.17. The number of benzene rings is 3. The van der Waals surface area contributed by atoms with Gasteiger partial charge in [-0.3, -0.25) is 9.59 Å². The van der Waals surface area contributed by atoms with Crippen LogP contribution in [0.1, 0.15) is 26.3 Å². The van der Waals surface area contributed by atoms with Crippen LogP contribution in [0.4, 0.5) is 11.4 Å². The maximum atomic E-state index is 12.6. The van der Waals surface area contributed by atoms with E-state index in [2.05, 4.69) is 10.2 Å². The van der Waals surface area contributed by atoms with Crippen LogP contribution in [0.2, 0.25) is 0 Å². The number of hydrogen-bond acceptors (Lipinski definition) is 5. The predicted molar refractivity (Wildman–Crippen MR) is 130 cm³/mol. The summed E-state index contributed by atoms with van der Waals surface area (Å²) < 4.78 is 10.5. The minimum atomic E-state index is -0.213. The molecule has 1 aliphatic rings. The number of rotatable bonds is 7. The van der Waals surface area contributed by atoms with Crippen molar-refractivity contribution in [1.82, 2.24) is 0 Å². The zero-order valence-corrected chi connectivity index (χ0v) is 18.5. The number of ether oxygens (including phenoxy) is 2. The number of ketones is 1. The van der Waals surface area contributed by atoms with E-state index >= 15 is 0 Å². The first-order chi connectivity index (χ1) is 16.1. The first-order valence-corrected chi connectivity index (χ1v) is 10.8. The molecule has 1 aliphatic heterocycles. The van der Waals surface area contributed by atoms with E-state index < -0.39 is 0 Å². The molecule has 0 bridgehead atoms. The SMILES string of the molecule is COc1ccc(C(=O)Nc2cccc(/C=C/C(=O)c3ccc(N4CCOCC4)cc3)c2)cc1. The summed E-state index contributed by atoms with van der Waals surface area (Å²) in [6, 6.07) is 21.9. The van der Waals surface area contributed by atoms with Gasteiger partial charge < -0.3 is 19.7 Å². The second-order valence-corrected chi connectivity index (χ2v) is 7.65. The average Bonchev–Trinajstić information content (AvgIpc) is 2.88. The fraction of sp³-hybridized carbons (Fsp3) is 0.185. The molecule has 6 nitrogen and oxygen atoms in total. The molecule has 1 amide bonds. The molecular formula is C27H26N2O4. The number of methoxy groups -OCH3 is 1. The fourth-order valence-electron chi connectivity index (χ4n) is 3.59. The molecule has 1 heterocycles. The molecule has 0 unspecified atom stereocenters. The molecule has 0 aromatic heterocycles. The molecule has 1 saturated heterocycles. The Bertz CT molecular complexity index is 1130. The van der Waals surface area contributed by atoms with Gasteiger partial charge in [-0.05, 0) is 72.3 Å². The van der Waals surface area contributed by atoms with Crippen LogP contribution in [0.25, 0.3) is 6.08 Å². The van der Waals surface area contributed by atoms with Gasteiger partial charge in [-0.2, -0.15) is 0 Å². The number of allylic oxidation sites excluding steroid dienone is 1. The van der Waals surface area contributed by atoms with Crippen molar-refractivity contribution in [1.29, 1.82) is 0 Å². The number of carbonyl (C=O) groups is 2. The van der Waals surface area contributed by atoms with Crippen molar-refractivity contribution < 1.29 is 19.1 Å². The van der Waals surface area contributed by atoms with Crippen LogP contribution in [-0.4, -0.2) is 45.1 Å². The Balaban J connectivity index is 1.38. The number of hydrogen-bond donors (Lipinski definition) is 1. The molecule has 0 saturated carbocycles. The fourth-order valence-corrected chi connectivity index (χ4v) is 3.59. The Morgan fingerprint density at radius 3 is 2.33 bits per heavy atom. The second kappa shape index (κ2) is 10.6. The molecule has 168 valence electrons. The summed E-state index contributed by atoms with van der Waals surface area (Å²) in [7, 11) is 1.58. The van der Waals surface area contributed by atoms with Gasteiger partial charge in [-0.1, -0.05) is 18.2 Å². The van der Waals surface area contributed by atoms with Crippen LogP contribution in [0, 0.1) is 0 Å². The van der Waals surface area contributed by atoms with Crippen molar-refractivity contribution >= 4 is 29.1 Å². The molecule has 0 spiro atoms. The van der Waals surface area contributed by atoms with Crippen molar-refractivity contribution in [2.75, 3.05) is 43.6 Å². The standard InChI is InChI=1S/C27H26N2O4/c1-32-25-12-8-22(9-13-25)27(31)28-23-4-2-3-20(19-23)5-14-26(30)21-6-10-24(11-7-21)29-15-17-33-18-16-29/h2-14,19H,15-18H2,1H3,(H,28,31)/b14-5+. The lowest BCUT2D eigenvalue weighted by molar-refractivity contribution is 0.102. The van der Waals surface area contributed by atoms with Crippen molar-refractivity contribution in [3.05, 3.63) is 95.6 Å². The van der Waals surface area contributed by atoms with Crippen molar-refractivity contribution in [2.24, 2.45) is 0 Å². The Hall–Kier alpha value is -3.90. The molecule has 33 heavy (non-hydrogen) atoms. The minimum Gasteiger partial charge on any atom is -0.497 e. The van der Waals surface area contributed by atoms with Gasteiger partial charge in [-0.25, -0.2) is 0 Å². The van der Waals surface area contributed by atoms with E-state index in [0.717, 1.165) is 37.6 Å². The van der Waals surface area contributed by atoms with Gasteiger partial charge >= 0.3 is 0 Å². The third-order valence-electron chi connectivity index (χ3n) is 5.45. The lowest BCUT2D eigenvalue weighted by atomic mass is 10.1. The highest BCUT2D eigenvalue weighted by Crippen LogP contribution is 2.19. The van der Waals surface area contributed by atoms with Crippen LogP contribution in [0.3, 0.4) is 0 Å². The zero-order chi connectivity index (χ0) is 23.0. The first-order valence-electron chi connectivity index (χ1n) is 10.8. The molecule has 0 aliphatic carbocycles. The van der Waals surface area contributed by atoms with E-state index in [4.69, 9.17) is 9.47 Å². The summed E-state index contributed by atoms with van der Waals surface area (Å²) in [5.74, 6) is 0.408. The maximum absolute atomic E-state index is 12.6. The molecule has 3 aromatic carbocycles. The Morgan fingerprint density at radius 1 is 0.939 bits per heavy atom. The highest BCUT2D eigenvalue weighted by molar-refractivity contribution is 6.07. The molecule has 1 N–H and O–H groups in total. The lowest BCUT2D eigenvalue weighted by Crippen LogP contribution is -2.36. The maximum Gasteiger partial charge on any atom is 0.255 e. The van der Waals surface area contributed by atoms with E-state index in [9.17, 15) is 9.59 Å². The summed E-state index contributed by atoms with van der Waals surface area (Å²) >= 11 is 0. The van der Waals surface area contributed by atoms with Gasteiger partial charge in [0, 0.05) is 35.6 Å². The summed E-state index contributed by atoms with van der Waals surface area (Å²) in [5, 5.41) is 2.88. The second-order valence-electron chi connectivity index (χ2n) is 7.65. The van der Waals surface area contributed by atoms with Crippen LogP contribution >= 0.6 is 0 Å². The number of morpholine rings is 1. The highest BCUT2D eigenvalue weighted by Gasteiger charge is 2.12. The molecule has 3 aromatic rings. The highest BCUT2D eigenvalue weighted by atomic mass is 16.5. The number of carbonyl (C=O) groups excluding carboxylic acids is 2. The lowest BCUT2D eigenvalue weighted by Gasteiger charge is -2.28. The van der Waals surface area contributed by atoms with Crippen LogP contribution in [0.5, 0.6) is 5.75 Å². The van der Waals surface area contributed by atoms with Gasteiger partial charge in [0.15, 0.2) is 5.78 Å². The summed E-state index contributed by atoms with van der Waals surface area (Å²) in [6.07, 6.45) is 3.30. The van der Waals surface area contributed by atoms with Crippen LogP contribution < -0.4 is 15.0 Å². The van der Waals surface area contributed by atoms with E-state index in [1.807, 2.05) is 48.5 Å². The number of nitrogens with zero attached hydrogens (tertiary/aromatic N) is 1. The summed E-state index contributed by atoms with van der Waals surface area (Å²) in [6.45, 7) is 3.17. The Morgan fingerprint density at radius 2 is 1.64 bits per heavy atom. The largest absolute Gasteiger partial charge is 0.497 e. The quantitative estimate of drug-likeness (QED) is 0.425. The van der Waals surface area contributed by atoms with E-state index in [-0.39, 0.29) is 11.7 Å². The molecule has 1 fully saturated rings. The molecular weight excluding hydrogens is 416 g/mol.